The molecule has 7 rings (SSSR count). The average Bonchev–Trinajstić information content (AvgIpc) is 3.23. The van der Waals surface area contributed by atoms with Crippen LogP contribution < -0.4 is 0 Å². The fourth-order valence-corrected chi connectivity index (χ4v) is 11.9. The van der Waals surface area contributed by atoms with Gasteiger partial charge in [-0.05, 0) is 33.7 Å². The SMILES string of the molecule is O=C1c2cc3ccccc3c3c2C2=S(S3)Sc3c2c1cc1ccccc31. The van der Waals surface area contributed by atoms with Crippen LogP contribution in [0.4, 0.5) is 0 Å². The highest BCUT2D eigenvalue weighted by Crippen LogP contribution is 2.68. The van der Waals surface area contributed by atoms with E-state index in [1.807, 2.05) is 21.6 Å². The van der Waals surface area contributed by atoms with E-state index in [0.29, 0.717) is 0 Å². The molecule has 0 atom stereocenters. The number of ketones is 1. The first-order chi connectivity index (χ1) is 12.8. The second kappa shape index (κ2) is 4.63. The Balaban J connectivity index is 1.68. The van der Waals surface area contributed by atoms with Gasteiger partial charge in [0, 0.05) is 36.9 Å². The van der Waals surface area contributed by atoms with Gasteiger partial charge in [0.1, 0.15) is 0 Å². The van der Waals surface area contributed by atoms with E-state index in [1.165, 1.54) is 47.3 Å². The molecule has 0 radical (unpaired) electrons. The summed E-state index contributed by atoms with van der Waals surface area (Å²) in [6.07, 6.45) is 0. The molecule has 0 bridgehead atoms. The predicted octanol–water partition coefficient (Wildman–Crippen LogP) is 6.42. The van der Waals surface area contributed by atoms with Crippen LogP contribution in [0.25, 0.3) is 21.5 Å². The van der Waals surface area contributed by atoms with Crippen molar-refractivity contribution in [2.75, 3.05) is 0 Å². The van der Waals surface area contributed by atoms with Crippen LogP contribution in [-0.4, -0.2) is 10.6 Å². The molecule has 26 heavy (non-hydrogen) atoms. The van der Waals surface area contributed by atoms with Gasteiger partial charge in [0.2, 0.25) is 0 Å². The fourth-order valence-electron chi connectivity index (χ4n) is 4.30. The normalized spacial score (nSPS) is 16.8. The lowest BCUT2D eigenvalue weighted by atomic mass is 9.82. The quantitative estimate of drug-likeness (QED) is 0.226. The highest BCUT2D eigenvalue weighted by molar-refractivity contribution is 9.16. The van der Waals surface area contributed by atoms with Gasteiger partial charge in [0.15, 0.2) is 5.78 Å². The van der Waals surface area contributed by atoms with Crippen molar-refractivity contribution in [2.24, 2.45) is 0 Å². The Morgan fingerprint density at radius 2 is 1.19 bits per heavy atom. The summed E-state index contributed by atoms with van der Waals surface area (Å²) in [4.78, 5) is 17.5. The van der Waals surface area contributed by atoms with Crippen LogP contribution in [0.2, 0.25) is 0 Å². The molecule has 0 fully saturated rings. The summed E-state index contributed by atoms with van der Waals surface area (Å²) < 4.78 is 0. The summed E-state index contributed by atoms with van der Waals surface area (Å²) in [6.45, 7) is 0. The molecule has 0 saturated carbocycles. The number of fused-ring (bicyclic) bond motifs is 4. The van der Waals surface area contributed by atoms with Crippen molar-refractivity contribution in [1.82, 2.24) is 0 Å². The average molecular weight is 387 g/mol. The van der Waals surface area contributed by atoms with Crippen LogP contribution in [0, 0.1) is 0 Å². The molecule has 4 heteroatoms. The van der Waals surface area contributed by atoms with Crippen molar-refractivity contribution in [2.45, 2.75) is 9.79 Å². The standard InChI is InChI=1S/C22H10OS3/c23-19-15-9-11-5-1-3-7-13(11)20-17(15)22-18-16(19)10-12-6-2-4-8-14(12)21(18)25-26(22)24-20/h1-10H. The Labute approximate surface area is 159 Å². The fraction of sp³-hybridized carbons (Fsp3) is 0. The van der Waals surface area contributed by atoms with Gasteiger partial charge < -0.3 is 0 Å². The summed E-state index contributed by atoms with van der Waals surface area (Å²) in [7, 11) is 3.95. The third kappa shape index (κ3) is 1.51. The Morgan fingerprint density at radius 3 is 1.73 bits per heavy atom. The molecule has 4 aromatic rings. The van der Waals surface area contributed by atoms with E-state index in [-0.39, 0.29) is 14.3 Å². The Hall–Kier alpha value is -2.01. The van der Waals surface area contributed by atoms with Gasteiger partial charge in [-0.2, -0.15) is 0 Å². The molecule has 0 unspecified atom stereocenters. The first-order valence-corrected chi connectivity index (χ1v) is 12.4. The molecule has 2 heterocycles. The summed E-state index contributed by atoms with van der Waals surface area (Å²) in [6, 6.07) is 21.1. The van der Waals surface area contributed by atoms with Gasteiger partial charge in [0.05, 0.1) is 0 Å². The van der Waals surface area contributed by atoms with Crippen molar-refractivity contribution >= 4 is 62.3 Å². The third-order valence-corrected chi connectivity index (χ3v) is 11.8. The van der Waals surface area contributed by atoms with Crippen LogP contribution in [0.1, 0.15) is 27.0 Å². The van der Waals surface area contributed by atoms with Crippen LogP contribution in [0.15, 0.2) is 70.5 Å². The predicted molar refractivity (Wildman–Crippen MR) is 114 cm³/mol. The molecule has 0 amide bonds. The molecule has 0 spiro atoms. The number of hydrogen-bond acceptors (Lipinski definition) is 3. The molecule has 122 valence electrons. The summed E-state index contributed by atoms with van der Waals surface area (Å²) in [5, 5.41) is 4.90. The lowest BCUT2D eigenvalue weighted by Crippen LogP contribution is -2.20. The molecule has 2 aliphatic heterocycles. The van der Waals surface area contributed by atoms with Gasteiger partial charge in [-0.25, -0.2) is 0 Å². The first kappa shape index (κ1) is 14.1. The third-order valence-electron chi connectivity index (χ3n) is 5.43. The van der Waals surface area contributed by atoms with E-state index in [0.717, 1.165) is 11.1 Å². The highest BCUT2D eigenvalue weighted by atomic mass is 33.5. The zero-order valence-electron chi connectivity index (χ0n) is 13.4. The van der Waals surface area contributed by atoms with Crippen molar-refractivity contribution in [3.05, 3.63) is 82.9 Å². The Kier molecular flexibility index (Phi) is 2.51. The monoisotopic (exact) mass is 386 g/mol. The van der Waals surface area contributed by atoms with E-state index >= 15 is 0 Å². The van der Waals surface area contributed by atoms with Crippen LogP contribution in [0.3, 0.4) is 0 Å². The summed E-state index contributed by atoms with van der Waals surface area (Å²) >= 11 is 0. The van der Waals surface area contributed by atoms with Crippen LogP contribution in [-0.2, 0) is 0 Å². The molecule has 0 aromatic heterocycles. The zero-order chi connectivity index (χ0) is 17.0. The number of carbonyl (C=O) groups excluding carboxylic acids is 1. The minimum atomic E-state index is 0.0405. The largest absolute Gasteiger partial charge is 0.289 e. The molecule has 0 N–H and O–H groups in total. The number of benzene rings is 4. The van der Waals surface area contributed by atoms with Crippen LogP contribution >= 0.6 is 30.1 Å². The second-order valence-corrected chi connectivity index (χ2v) is 12.4. The zero-order valence-corrected chi connectivity index (χ0v) is 15.9. The minimum absolute atomic E-state index is 0.0405. The van der Waals surface area contributed by atoms with E-state index < -0.39 is 0 Å². The Bertz CT molecular complexity index is 1290. The molecular weight excluding hydrogens is 376 g/mol. The van der Waals surface area contributed by atoms with Crippen LogP contribution in [0.5, 0.6) is 0 Å². The van der Waals surface area contributed by atoms with E-state index in [1.54, 1.807) is 0 Å². The topological polar surface area (TPSA) is 17.1 Å². The van der Waals surface area contributed by atoms with Crippen molar-refractivity contribution in [1.29, 1.82) is 0 Å². The van der Waals surface area contributed by atoms with Gasteiger partial charge in [-0.15, -0.1) is 0 Å². The van der Waals surface area contributed by atoms with Gasteiger partial charge in [-0.1, -0.05) is 78.7 Å². The van der Waals surface area contributed by atoms with Gasteiger partial charge >= 0.3 is 0 Å². The molecule has 3 aliphatic rings. The Morgan fingerprint density at radius 1 is 0.692 bits per heavy atom. The molecule has 4 aromatic carbocycles. The lowest BCUT2D eigenvalue weighted by Gasteiger charge is -2.22. The smallest absolute Gasteiger partial charge is 0.194 e. The van der Waals surface area contributed by atoms with Gasteiger partial charge in [0.25, 0.3) is 0 Å². The van der Waals surface area contributed by atoms with Gasteiger partial charge in [-0.3, -0.25) is 4.79 Å². The maximum absolute atomic E-state index is 13.5. The van der Waals surface area contributed by atoms with E-state index in [4.69, 9.17) is 0 Å². The molecule has 1 aliphatic carbocycles. The summed E-state index contributed by atoms with van der Waals surface area (Å²) in [5.41, 5.74) is 4.23. The molecule has 1 nitrogen and oxygen atoms in total. The highest BCUT2D eigenvalue weighted by Gasteiger charge is 2.42. The van der Waals surface area contributed by atoms with E-state index in [9.17, 15) is 4.79 Å². The number of hydrogen-bond donors (Lipinski definition) is 0. The van der Waals surface area contributed by atoms with E-state index in [2.05, 4.69) is 60.7 Å². The number of rotatable bonds is 0. The van der Waals surface area contributed by atoms with Crippen molar-refractivity contribution in [3.63, 3.8) is 0 Å². The second-order valence-electron chi connectivity index (χ2n) is 6.76. The molecule has 0 saturated heterocycles. The maximum atomic E-state index is 13.5. The molecular formula is C22H10OS3. The summed E-state index contributed by atoms with van der Waals surface area (Å²) in [5.74, 6) is 0.186. The number of carbonyl (C=O) groups is 1. The van der Waals surface area contributed by atoms with Crippen molar-refractivity contribution < 1.29 is 4.79 Å². The maximum Gasteiger partial charge on any atom is 0.194 e. The lowest BCUT2D eigenvalue weighted by molar-refractivity contribution is 0.103. The first-order valence-electron chi connectivity index (χ1n) is 8.46. The van der Waals surface area contributed by atoms with Crippen molar-refractivity contribution in [3.8, 4) is 0 Å². The minimum Gasteiger partial charge on any atom is -0.289 e.